The summed E-state index contributed by atoms with van der Waals surface area (Å²) in [5.74, 6) is 2.23. The first-order chi connectivity index (χ1) is 8.01. The zero-order chi connectivity index (χ0) is 12.5. The van der Waals surface area contributed by atoms with Gasteiger partial charge in [0.2, 0.25) is 5.88 Å². The van der Waals surface area contributed by atoms with Crippen molar-refractivity contribution in [1.29, 1.82) is 0 Å². The predicted molar refractivity (Wildman–Crippen MR) is 68.4 cm³/mol. The van der Waals surface area contributed by atoms with E-state index in [1.54, 1.807) is 7.11 Å². The molecule has 1 saturated carbocycles. The Morgan fingerprint density at radius 3 is 2.76 bits per heavy atom. The van der Waals surface area contributed by atoms with Crippen LogP contribution < -0.4 is 10.1 Å². The molecule has 1 aliphatic carbocycles. The van der Waals surface area contributed by atoms with Crippen LogP contribution in [0.1, 0.15) is 38.9 Å². The van der Waals surface area contributed by atoms with E-state index in [9.17, 15) is 0 Å². The fourth-order valence-electron chi connectivity index (χ4n) is 2.49. The molecular weight excluding hydrogens is 214 g/mol. The molecule has 0 aliphatic heterocycles. The number of hydrogen-bond donors (Lipinski definition) is 1. The first kappa shape index (κ1) is 12.1. The Balaban J connectivity index is 2.15. The van der Waals surface area contributed by atoms with Crippen LogP contribution >= 0.6 is 0 Å². The van der Waals surface area contributed by atoms with E-state index in [0.717, 1.165) is 11.6 Å². The van der Waals surface area contributed by atoms with Gasteiger partial charge in [0, 0.05) is 12.1 Å². The van der Waals surface area contributed by atoms with Gasteiger partial charge in [0.15, 0.2) is 0 Å². The maximum absolute atomic E-state index is 5.16. The molecule has 0 aromatic carbocycles. The lowest BCUT2D eigenvalue weighted by molar-refractivity contribution is 0.349. The van der Waals surface area contributed by atoms with Gasteiger partial charge in [0.05, 0.1) is 7.11 Å². The summed E-state index contributed by atoms with van der Waals surface area (Å²) in [6.07, 6.45) is 3.76. The molecule has 1 fully saturated rings. The highest BCUT2D eigenvalue weighted by Crippen LogP contribution is 2.38. The zero-order valence-corrected chi connectivity index (χ0v) is 11.1. The van der Waals surface area contributed by atoms with Gasteiger partial charge in [-0.25, -0.2) is 4.98 Å². The van der Waals surface area contributed by atoms with Crippen LogP contribution in [0.3, 0.4) is 0 Å². The van der Waals surface area contributed by atoms with Crippen LogP contribution in [0, 0.1) is 12.3 Å². The summed E-state index contributed by atoms with van der Waals surface area (Å²) < 4.78 is 5.16. The number of aromatic nitrogens is 2. The standard InChI is InChI=1S/C13H21N3O/c1-9-14-11(8-12(15-9)17-4)16-10-6-5-7-13(10,2)3/h8,10H,5-7H2,1-4H3,(H,14,15,16). The van der Waals surface area contributed by atoms with E-state index < -0.39 is 0 Å². The quantitative estimate of drug-likeness (QED) is 0.875. The Bertz CT molecular complexity index is 404. The van der Waals surface area contributed by atoms with Gasteiger partial charge >= 0.3 is 0 Å². The van der Waals surface area contributed by atoms with Crippen LogP contribution in [-0.2, 0) is 0 Å². The van der Waals surface area contributed by atoms with Crippen molar-refractivity contribution in [2.24, 2.45) is 5.41 Å². The minimum atomic E-state index is 0.339. The summed E-state index contributed by atoms with van der Waals surface area (Å²) in [7, 11) is 1.63. The summed E-state index contributed by atoms with van der Waals surface area (Å²) in [4.78, 5) is 8.60. The number of ether oxygens (including phenoxy) is 1. The largest absolute Gasteiger partial charge is 0.481 e. The molecule has 4 heteroatoms. The van der Waals surface area contributed by atoms with Crippen LogP contribution in [0.25, 0.3) is 0 Å². The SMILES string of the molecule is COc1cc(NC2CCCC2(C)C)nc(C)n1. The fourth-order valence-corrected chi connectivity index (χ4v) is 2.49. The normalized spacial score (nSPS) is 22.5. The van der Waals surface area contributed by atoms with Gasteiger partial charge in [-0.15, -0.1) is 0 Å². The Kier molecular flexibility index (Phi) is 3.22. The number of nitrogens with one attached hydrogen (secondary N) is 1. The van der Waals surface area contributed by atoms with Gasteiger partial charge in [0.1, 0.15) is 11.6 Å². The van der Waals surface area contributed by atoms with Crippen LogP contribution in [0.4, 0.5) is 5.82 Å². The second-order valence-corrected chi connectivity index (χ2v) is 5.42. The third-order valence-electron chi connectivity index (χ3n) is 3.60. The molecule has 0 radical (unpaired) electrons. The first-order valence-electron chi connectivity index (χ1n) is 6.17. The van der Waals surface area contributed by atoms with E-state index in [1.165, 1.54) is 19.3 Å². The van der Waals surface area contributed by atoms with Gasteiger partial charge in [-0.05, 0) is 25.2 Å². The van der Waals surface area contributed by atoms with E-state index in [0.29, 0.717) is 17.3 Å². The maximum Gasteiger partial charge on any atom is 0.218 e. The van der Waals surface area contributed by atoms with Gasteiger partial charge in [-0.3, -0.25) is 0 Å². The smallest absolute Gasteiger partial charge is 0.218 e. The average molecular weight is 235 g/mol. The Hall–Kier alpha value is -1.32. The highest BCUT2D eigenvalue weighted by Gasteiger charge is 2.34. The summed E-state index contributed by atoms with van der Waals surface area (Å²) >= 11 is 0. The zero-order valence-electron chi connectivity index (χ0n) is 11.1. The maximum atomic E-state index is 5.16. The molecular formula is C13H21N3O. The van der Waals surface area contributed by atoms with E-state index >= 15 is 0 Å². The van der Waals surface area contributed by atoms with Crippen molar-refractivity contribution < 1.29 is 4.74 Å². The summed E-state index contributed by atoms with van der Waals surface area (Å²) in [5.41, 5.74) is 0.339. The fraction of sp³-hybridized carbons (Fsp3) is 0.692. The van der Waals surface area contributed by atoms with Crippen molar-refractivity contribution >= 4 is 5.82 Å². The van der Waals surface area contributed by atoms with Crippen LogP contribution in [0.5, 0.6) is 5.88 Å². The Labute approximate surface area is 103 Å². The van der Waals surface area contributed by atoms with Crippen molar-refractivity contribution in [3.8, 4) is 5.88 Å². The van der Waals surface area contributed by atoms with Crippen molar-refractivity contribution in [2.45, 2.75) is 46.1 Å². The molecule has 94 valence electrons. The molecule has 4 nitrogen and oxygen atoms in total. The van der Waals surface area contributed by atoms with E-state index in [2.05, 4.69) is 29.1 Å². The number of methoxy groups -OCH3 is 1. The predicted octanol–water partition coefficient (Wildman–Crippen LogP) is 2.78. The van der Waals surface area contributed by atoms with Crippen molar-refractivity contribution in [3.05, 3.63) is 11.9 Å². The summed E-state index contributed by atoms with van der Waals surface area (Å²) in [6, 6.07) is 2.35. The second-order valence-electron chi connectivity index (χ2n) is 5.42. The Morgan fingerprint density at radius 2 is 2.18 bits per heavy atom. The molecule has 0 spiro atoms. The van der Waals surface area contributed by atoms with Gasteiger partial charge < -0.3 is 10.1 Å². The number of rotatable bonds is 3. The van der Waals surface area contributed by atoms with Crippen molar-refractivity contribution in [1.82, 2.24) is 9.97 Å². The molecule has 0 bridgehead atoms. The highest BCUT2D eigenvalue weighted by atomic mass is 16.5. The van der Waals surface area contributed by atoms with Crippen molar-refractivity contribution in [3.63, 3.8) is 0 Å². The number of nitrogens with zero attached hydrogens (tertiary/aromatic N) is 2. The molecule has 0 amide bonds. The van der Waals surface area contributed by atoms with Crippen LogP contribution in [0.15, 0.2) is 6.07 Å². The van der Waals surface area contributed by atoms with E-state index in [4.69, 9.17) is 4.74 Å². The topological polar surface area (TPSA) is 47.0 Å². The molecule has 17 heavy (non-hydrogen) atoms. The third-order valence-corrected chi connectivity index (χ3v) is 3.60. The van der Waals surface area contributed by atoms with Gasteiger partial charge in [-0.2, -0.15) is 4.98 Å². The molecule has 1 heterocycles. The first-order valence-corrected chi connectivity index (χ1v) is 6.17. The van der Waals surface area contributed by atoms with E-state index in [1.807, 2.05) is 13.0 Å². The van der Waals surface area contributed by atoms with E-state index in [-0.39, 0.29) is 0 Å². The van der Waals surface area contributed by atoms with Crippen LogP contribution in [0.2, 0.25) is 0 Å². The highest BCUT2D eigenvalue weighted by molar-refractivity contribution is 5.40. The monoisotopic (exact) mass is 235 g/mol. The molecule has 1 aromatic heterocycles. The second kappa shape index (κ2) is 4.51. The van der Waals surface area contributed by atoms with Gasteiger partial charge in [0.25, 0.3) is 0 Å². The molecule has 1 aliphatic rings. The molecule has 0 saturated heterocycles. The lowest BCUT2D eigenvalue weighted by atomic mass is 9.87. The number of aryl methyl sites for hydroxylation is 1. The number of anilines is 1. The lowest BCUT2D eigenvalue weighted by Gasteiger charge is -2.28. The summed E-state index contributed by atoms with van der Waals surface area (Å²) in [6.45, 7) is 6.50. The molecule has 2 rings (SSSR count). The minimum absolute atomic E-state index is 0.339. The molecule has 1 unspecified atom stereocenters. The number of hydrogen-bond acceptors (Lipinski definition) is 4. The molecule has 1 aromatic rings. The third kappa shape index (κ3) is 2.68. The Morgan fingerprint density at radius 1 is 1.41 bits per heavy atom. The lowest BCUT2D eigenvalue weighted by Crippen LogP contribution is -2.31. The van der Waals surface area contributed by atoms with Gasteiger partial charge in [-0.1, -0.05) is 20.3 Å². The van der Waals surface area contributed by atoms with Crippen LogP contribution in [-0.4, -0.2) is 23.1 Å². The summed E-state index contributed by atoms with van der Waals surface area (Å²) in [5, 5.41) is 3.52. The minimum Gasteiger partial charge on any atom is -0.481 e. The van der Waals surface area contributed by atoms with Crippen molar-refractivity contribution in [2.75, 3.05) is 12.4 Å². The average Bonchev–Trinajstić information content (AvgIpc) is 2.57. The molecule has 1 atom stereocenters. The molecule has 1 N–H and O–H groups in total.